The quantitative estimate of drug-likeness (QED) is 0.227. The highest BCUT2D eigenvalue weighted by atomic mass is 19.1. The van der Waals surface area contributed by atoms with Crippen molar-refractivity contribution in [1.82, 2.24) is 14.5 Å². The highest BCUT2D eigenvalue weighted by Crippen LogP contribution is 2.32. The van der Waals surface area contributed by atoms with Crippen LogP contribution in [0.25, 0.3) is 11.0 Å². The zero-order chi connectivity index (χ0) is 30.0. The molecule has 3 fully saturated rings. The number of hydrogen-bond acceptors (Lipinski definition) is 5. The summed E-state index contributed by atoms with van der Waals surface area (Å²) in [5, 5.41) is 9.52. The van der Waals surface area contributed by atoms with E-state index < -0.39 is 5.97 Å². The van der Waals surface area contributed by atoms with Gasteiger partial charge in [-0.25, -0.2) is 14.2 Å². The number of rotatable bonds is 9. The molecule has 0 amide bonds. The lowest BCUT2D eigenvalue weighted by Gasteiger charge is -2.33. The molecule has 2 aliphatic heterocycles. The lowest BCUT2D eigenvalue weighted by molar-refractivity contribution is -0.0592. The number of aromatic nitrogens is 2. The van der Waals surface area contributed by atoms with Crippen LogP contribution in [0.1, 0.15) is 70.9 Å². The number of benzene rings is 3. The van der Waals surface area contributed by atoms with Gasteiger partial charge in [0, 0.05) is 23.7 Å². The van der Waals surface area contributed by atoms with Crippen molar-refractivity contribution in [2.75, 3.05) is 19.7 Å². The highest BCUT2D eigenvalue weighted by Gasteiger charge is 2.26. The molecule has 44 heavy (non-hydrogen) atoms. The van der Waals surface area contributed by atoms with Gasteiger partial charge in [-0.05, 0) is 99.1 Å². The molecule has 1 unspecified atom stereocenters. The fourth-order valence-electron chi connectivity index (χ4n) is 6.06. The van der Waals surface area contributed by atoms with E-state index in [1.807, 2.05) is 18.2 Å². The van der Waals surface area contributed by atoms with Gasteiger partial charge in [-0.15, -0.1) is 0 Å². The monoisotopic (exact) mass is 593 g/mol. The van der Waals surface area contributed by atoms with Crippen LogP contribution in [0, 0.1) is 23.6 Å². The molecule has 1 atom stereocenters. The van der Waals surface area contributed by atoms with Crippen molar-refractivity contribution >= 4 is 17.0 Å². The van der Waals surface area contributed by atoms with Crippen LogP contribution in [0.5, 0.6) is 5.75 Å². The second-order valence-electron chi connectivity index (χ2n) is 12.2. The summed E-state index contributed by atoms with van der Waals surface area (Å²) in [6, 6.07) is 18.5. The van der Waals surface area contributed by atoms with Crippen molar-refractivity contribution in [2.24, 2.45) is 5.92 Å². The molecule has 1 saturated carbocycles. The van der Waals surface area contributed by atoms with Gasteiger partial charge in [-0.2, -0.15) is 0 Å². The molecule has 0 spiro atoms. The summed E-state index contributed by atoms with van der Waals surface area (Å²) < 4.78 is 28.6. The van der Waals surface area contributed by atoms with Crippen molar-refractivity contribution in [3.05, 3.63) is 94.6 Å². The first-order chi connectivity index (χ1) is 21.5. The van der Waals surface area contributed by atoms with Crippen LogP contribution < -0.4 is 4.74 Å². The van der Waals surface area contributed by atoms with Gasteiger partial charge in [-0.1, -0.05) is 30.0 Å². The summed E-state index contributed by atoms with van der Waals surface area (Å²) in [4.78, 5) is 18.9. The van der Waals surface area contributed by atoms with Crippen LogP contribution in [0.4, 0.5) is 4.39 Å². The van der Waals surface area contributed by atoms with Crippen molar-refractivity contribution in [3.63, 3.8) is 0 Å². The van der Waals surface area contributed by atoms with Crippen molar-refractivity contribution in [1.29, 1.82) is 0 Å². The topological polar surface area (TPSA) is 76.8 Å². The van der Waals surface area contributed by atoms with Gasteiger partial charge in [0.05, 0.1) is 35.8 Å². The second-order valence-corrected chi connectivity index (χ2v) is 12.2. The molecule has 1 aromatic heterocycles. The maximum atomic E-state index is 14.7. The SMILES string of the molecule is O=C(O)c1ccc2nc(CN3CCC(c4cccc(OCc5ccc(C#CC6CC6)cc5F)c4)CC3)n(CC3CCO3)c2c1. The minimum Gasteiger partial charge on any atom is -0.489 e. The van der Waals surface area contributed by atoms with Crippen LogP contribution in [0.3, 0.4) is 0 Å². The second kappa shape index (κ2) is 12.4. The van der Waals surface area contributed by atoms with Gasteiger partial charge < -0.3 is 19.1 Å². The van der Waals surface area contributed by atoms with Crippen LogP contribution >= 0.6 is 0 Å². The number of imidazole rings is 1. The number of hydrogen-bond donors (Lipinski definition) is 1. The molecule has 0 bridgehead atoms. The standard InChI is InChI=1S/C36H36FN3O4/c37-32-18-25(7-6-24-4-5-24)8-9-29(32)23-44-30-3-1-2-27(19-30)26-12-15-39(16-13-26)22-35-38-33-11-10-28(36(41)42)20-34(33)40(35)21-31-14-17-43-31/h1-3,8-11,18-20,24,26,31H,4-5,12-17,21-23H2,(H,41,42). The zero-order valence-electron chi connectivity index (χ0n) is 24.7. The number of fused-ring (bicyclic) bond motifs is 1. The van der Waals surface area contributed by atoms with Crippen LogP contribution in [-0.2, 0) is 24.4 Å². The van der Waals surface area contributed by atoms with Gasteiger partial charge in [-0.3, -0.25) is 4.90 Å². The van der Waals surface area contributed by atoms with E-state index in [0.29, 0.717) is 36.1 Å². The Bertz CT molecular complexity index is 1740. The van der Waals surface area contributed by atoms with Crippen LogP contribution in [0.2, 0.25) is 0 Å². The smallest absolute Gasteiger partial charge is 0.335 e. The first-order valence-corrected chi connectivity index (χ1v) is 15.6. The molecule has 1 N–H and O–H groups in total. The summed E-state index contributed by atoms with van der Waals surface area (Å²) in [6.07, 6.45) is 5.47. The normalized spacial score (nSPS) is 18.9. The molecule has 7 nitrogen and oxygen atoms in total. The molecule has 4 aromatic rings. The van der Waals surface area contributed by atoms with E-state index >= 15 is 0 Å². The number of piperidine rings is 1. The summed E-state index contributed by atoms with van der Waals surface area (Å²) in [5.74, 6) is 7.61. The fraction of sp³-hybridized carbons (Fsp3) is 0.389. The third-order valence-electron chi connectivity index (χ3n) is 8.98. The lowest BCUT2D eigenvalue weighted by Crippen LogP contribution is -2.35. The molecule has 8 heteroatoms. The van der Waals surface area contributed by atoms with E-state index in [0.717, 1.165) is 74.4 Å². The molecule has 0 radical (unpaired) electrons. The summed E-state index contributed by atoms with van der Waals surface area (Å²) >= 11 is 0. The Morgan fingerprint density at radius 3 is 2.61 bits per heavy atom. The molecular weight excluding hydrogens is 557 g/mol. The zero-order valence-corrected chi connectivity index (χ0v) is 24.7. The number of carboxylic acid groups (broad SMARTS) is 1. The maximum Gasteiger partial charge on any atom is 0.335 e. The minimum atomic E-state index is -0.937. The Hall–Kier alpha value is -4.19. The first-order valence-electron chi connectivity index (χ1n) is 15.6. The third-order valence-corrected chi connectivity index (χ3v) is 8.98. The van der Waals surface area contributed by atoms with Gasteiger partial charge in [0.1, 0.15) is 24.0 Å². The van der Waals surface area contributed by atoms with Crippen molar-refractivity contribution < 1.29 is 23.8 Å². The van der Waals surface area contributed by atoms with Gasteiger partial charge in [0.2, 0.25) is 0 Å². The average Bonchev–Trinajstić information content (AvgIpc) is 3.78. The Balaban J connectivity index is 0.975. The third kappa shape index (κ3) is 6.50. The summed E-state index contributed by atoms with van der Waals surface area (Å²) in [5.41, 5.74) is 4.40. The predicted molar refractivity (Wildman–Crippen MR) is 165 cm³/mol. The average molecular weight is 594 g/mol. The molecule has 226 valence electrons. The summed E-state index contributed by atoms with van der Waals surface area (Å²) in [6.45, 7) is 4.19. The number of halogens is 1. The van der Waals surface area contributed by atoms with E-state index in [1.54, 1.807) is 24.3 Å². The van der Waals surface area contributed by atoms with Crippen molar-refractivity contribution in [2.45, 2.75) is 63.8 Å². The van der Waals surface area contributed by atoms with Crippen LogP contribution in [0.15, 0.2) is 60.7 Å². The lowest BCUT2D eigenvalue weighted by atomic mass is 9.89. The Kier molecular flexibility index (Phi) is 8.07. The number of nitrogens with zero attached hydrogens (tertiary/aromatic N) is 3. The first kappa shape index (κ1) is 28.6. The van der Waals surface area contributed by atoms with E-state index in [9.17, 15) is 14.3 Å². The van der Waals surface area contributed by atoms with E-state index in [4.69, 9.17) is 14.5 Å². The Morgan fingerprint density at radius 2 is 1.89 bits per heavy atom. The maximum absolute atomic E-state index is 14.7. The van der Waals surface area contributed by atoms with Gasteiger partial charge >= 0.3 is 5.97 Å². The fourth-order valence-corrected chi connectivity index (χ4v) is 6.06. The van der Waals surface area contributed by atoms with Gasteiger partial charge in [0.25, 0.3) is 0 Å². The van der Waals surface area contributed by atoms with E-state index in [-0.39, 0.29) is 24.1 Å². The predicted octanol–water partition coefficient (Wildman–Crippen LogP) is 6.38. The number of aromatic carboxylic acids is 1. The molecule has 7 rings (SSSR count). The minimum absolute atomic E-state index is 0.141. The number of likely N-dealkylation sites (tertiary alicyclic amines) is 1. The van der Waals surface area contributed by atoms with E-state index in [1.165, 1.54) is 11.6 Å². The Labute approximate surface area is 256 Å². The summed E-state index contributed by atoms with van der Waals surface area (Å²) in [7, 11) is 0. The largest absolute Gasteiger partial charge is 0.489 e. The van der Waals surface area contributed by atoms with Crippen molar-refractivity contribution in [3.8, 4) is 17.6 Å². The molecule has 1 aliphatic carbocycles. The molecule has 3 heterocycles. The molecule has 3 aliphatic rings. The molecule has 2 saturated heterocycles. The molecule has 3 aromatic carbocycles. The number of ether oxygens (including phenoxy) is 2. The molecular formula is C36H36FN3O4. The van der Waals surface area contributed by atoms with E-state index in [2.05, 4.69) is 33.4 Å². The highest BCUT2D eigenvalue weighted by molar-refractivity contribution is 5.92. The van der Waals surface area contributed by atoms with Crippen LogP contribution in [-0.4, -0.2) is 51.3 Å². The van der Waals surface area contributed by atoms with Gasteiger partial charge in [0.15, 0.2) is 0 Å². The number of carboxylic acids is 1. The Morgan fingerprint density at radius 1 is 1.05 bits per heavy atom. The number of carbonyl (C=O) groups is 1.